The first-order valence-electron chi connectivity index (χ1n) is 9.98. The maximum atomic E-state index is 5.88. The fourth-order valence-electron chi connectivity index (χ4n) is 5.85. The second kappa shape index (κ2) is 7.91. The van der Waals surface area contributed by atoms with Gasteiger partial charge in [0.15, 0.2) is 0 Å². The molecule has 0 spiro atoms. The van der Waals surface area contributed by atoms with Crippen LogP contribution in [0.5, 0.6) is 0 Å². The molecule has 0 amide bonds. The number of hydrogen-bond acceptors (Lipinski definition) is 2. The van der Waals surface area contributed by atoms with Gasteiger partial charge < -0.3 is 9.47 Å². The molecule has 140 valence electrons. The summed E-state index contributed by atoms with van der Waals surface area (Å²) in [5, 5.41) is 0. The molecule has 0 aromatic rings. The zero-order valence-corrected chi connectivity index (χ0v) is 17.2. The Morgan fingerprint density at radius 2 is 1.83 bits per heavy atom. The van der Waals surface area contributed by atoms with Crippen molar-refractivity contribution in [1.82, 2.24) is 0 Å². The van der Waals surface area contributed by atoms with Gasteiger partial charge in [0.2, 0.25) is 0 Å². The van der Waals surface area contributed by atoms with Crippen LogP contribution in [0.15, 0.2) is 11.1 Å². The van der Waals surface area contributed by atoms with Gasteiger partial charge in [-0.05, 0) is 74.5 Å². The molecule has 0 heterocycles. The van der Waals surface area contributed by atoms with E-state index in [1.807, 2.05) is 14.2 Å². The van der Waals surface area contributed by atoms with Gasteiger partial charge in [-0.15, -0.1) is 0 Å². The normalized spacial score (nSPS) is 34.1. The molecule has 0 bridgehead atoms. The van der Waals surface area contributed by atoms with Crippen LogP contribution in [0.1, 0.15) is 79.6 Å². The molecular formula is C22H40O2. The lowest BCUT2D eigenvalue weighted by Crippen LogP contribution is -2.52. The van der Waals surface area contributed by atoms with Gasteiger partial charge in [-0.25, -0.2) is 0 Å². The summed E-state index contributed by atoms with van der Waals surface area (Å²) in [7, 11) is 3.71. The van der Waals surface area contributed by atoms with Crippen LogP contribution < -0.4 is 0 Å². The summed E-state index contributed by atoms with van der Waals surface area (Å²) in [5.41, 5.74) is 4.11. The van der Waals surface area contributed by atoms with Crippen molar-refractivity contribution < 1.29 is 9.47 Å². The summed E-state index contributed by atoms with van der Waals surface area (Å²) >= 11 is 0. The first kappa shape index (κ1) is 20.0. The Hall–Kier alpha value is -0.340. The van der Waals surface area contributed by atoms with E-state index in [0.717, 1.165) is 18.4 Å². The summed E-state index contributed by atoms with van der Waals surface area (Å²) in [5.74, 6) is 1.49. The molecule has 0 aromatic carbocycles. The van der Waals surface area contributed by atoms with Gasteiger partial charge in [-0.1, -0.05) is 38.8 Å². The molecule has 4 atom stereocenters. The minimum atomic E-state index is 0.273. The van der Waals surface area contributed by atoms with Crippen LogP contribution in [0.2, 0.25) is 0 Å². The predicted molar refractivity (Wildman–Crippen MR) is 102 cm³/mol. The molecule has 2 aliphatic rings. The number of rotatable bonds is 7. The van der Waals surface area contributed by atoms with Crippen LogP contribution >= 0.6 is 0 Å². The molecule has 0 aliphatic heterocycles. The molecule has 0 unspecified atom stereocenters. The van der Waals surface area contributed by atoms with Gasteiger partial charge in [-0.2, -0.15) is 0 Å². The van der Waals surface area contributed by atoms with Crippen molar-refractivity contribution in [3.8, 4) is 0 Å². The zero-order chi connectivity index (χ0) is 18.0. The lowest BCUT2D eigenvalue weighted by Gasteiger charge is -2.57. The second-order valence-corrected chi connectivity index (χ2v) is 9.28. The fourth-order valence-corrected chi connectivity index (χ4v) is 5.85. The predicted octanol–water partition coefficient (Wildman–Crippen LogP) is 6.01. The van der Waals surface area contributed by atoms with Gasteiger partial charge in [0.25, 0.3) is 0 Å². The molecule has 0 radical (unpaired) electrons. The summed E-state index contributed by atoms with van der Waals surface area (Å²) in [6, 6.07) is 0. The Morgan fingerprint density at radius 3 is 2.46 bits per heavy atom. The Balaban J connectivity index is 2.16. The molecular weight excluding hydrogens is 296 g/mol. The van der Waals surface area contributed by atoms with Gasteiger partial charge in [0, 0.05) is 20.8 Å². The highest BCUT2D eigenvalue weighted by Crippen LogP contribution is 2.60. The largest absolute Gasteiger partial charge is 0.385 e. The van der Waals surface area contributed by atoms with Crippen molar-refractivity contribution in [2.24, 2.45) is 22.7 Å². The quantitative estimate of drug-likeness (QED) is 0.530. The van der Waals surface area contributed by atoms with Gasteiger partial charge in [0.1, 0.15) is 0 Å². The minimum absolute atomic E-state index is 0.273. The highest BCUT2D eigenvalue weighted by molar-refractivity contribution is 5.28. The van der Waals surface area contributed by atoms with Crippen LogP contribution in [0, 0.1) is 22.7 Å². The van der Waals surface area contributed by atoms with E-state index < -0.39 is 0 Å². The van der Waals surface area contributed by atoms with Crippen molar-refractivity contribution in [3.05, 3.63) is 11.1 Å². The third-order valence-electron chi connectivity index (χ3n) is 7.42. The zero-order valence-electron chi connectivity index (χ0n) is 17.2. The van der Waals surface area contributed by atoms with Crippen LogP contribution in [0.3, 0.4) is 0 Å². The highest BCUT2D eigenvalue weighted by atomic mass is 16.5. The first-order valence-corrected chi connectivity index (χ1v) is 9.98. The molecule has 2 rings (SSSR count). The maximum absolute atomic E-state index is 5.88. The van der Waals surface area contributed by atoms with Gasteiger partial charge >= 0.3 is 0 Å². The topological polar surface area (TPSA) is 18.5 Å². The average molecular weight is 337 g/mol. The molecule has 1 saturated carbocycles. The summed E-state index contributed by atoms with van der Waals surface area (Å²) in [6.45, 7) is 13.1. The summed E-state index contributed by atoms with van der Waals surface area (Å²) in [6.07, 6.45) is 9.27. The van der Waals surface area contributed by atoms with Crippen LogP contribution in [-0.4, -0.2) is 26.9 Å². The second-order valence-electron chi connectivity index (χ2n) is 9.28. The standard InChI is InChI=1S/C22H40O2/c1-16(13-15-23-6)8-10-18-17(2)9-11-19-21(3,4)20(24-7)12-14-22(18,19)5/h16,19-20H,8-15H2,1-7H3/t16-,19-,20-,22+/m0/s1. The van der Waals surface area contributed by atoms with Gasteiger partial charge in [0.05, 0.1) is 6.10 Å². The minimum Gasteiger partial charge on any atom is -0.385 e. The van der Waals surface area contributed by atoms with E-state index in [0.29, 0.717) is 11.5 Å². The molecule has 0 saturated heterocycles. The molecule has 2 aliphatic carbocycles. The van der Waals surface area contributed by atoms with Gasteiger partial charge in [-0.3, -0.25) is 0 Å². The van der Waals surface area contributed by atoms with Crippen molar-refractivity contribution in [2.75, 3.05) is 20.8 Å². The van der Waals surface area contributed by atoms with Crippen LogP contribution in [0.4, 0.5) is 0 Å². The van der Waals surface area contributed by atoms with E-state index in [1.54, 1.807) is 11.1 Å². The molecule has 1 fully saturated rings. The van der Waals surface area contributed by atoms with E-state index in [2.05, 4.69) is 34.6 Å². The molecule has 0 aromatic heterocycles. The maximum Gasteiger partial charge on any atom is 0.0625 e. The SMILES string of the molecule is COCC[C@@H](C)CCC1=C(C)CC[C@H]2C(C)(C)[C@@H](OC)CC[C@]12C. The van der Waals surface area contributed by atoms with E-state index in [-0.39, 0.29) is 5.41 Å². The van der Waals surface area contributed by atoms with E-state index in [9.17, 15) is 0 Å². The smallest absolute Gasteiger partial charge is 0.0625 e. The third-order valence-corrected chi connectivity index (χ3v) is 7.42. The Bertz CT molecular complexity index is 451. The van der Waals surface area contributed by atoms with E-state index in [4.69, 9.17) is 9.47 Å². The number of fused-ring (bicyclic) bond motifs is 1. The highest BCUT2D eigenvalue weighted by Gasteiger charge is 2.53. The molecule has 2 nitrogen and oxygen atoms in total. The molecule has 24 heavy (non-hydrogen) atoms. The number of allylic oxidation sites excluding steroid dienone is 2. The monoisotopic (exact) mass is 336 g/mol. The Labute approximate surface area is 150 Å². The first-order chi connectivity index (χ1) is 11.3. The number of hydrogen-bond donors (Lipinski definition) is 0. The van der Waals surface area contributed by atoms with Crippen molar-refractivity contribution in [3.63, 3.8) is 0 Å². The average Bonchev–Trinajstić information content (AvgIpc) is 2.51. The third kappa shape index (κ3) is 3.75. The number of methoxy groups -OCH3 is 2. The summed E-state index contributed by atoms with van der Waals surface area (Å²) < 4.78 is 11.1. The van der Waals surface area contributed by atoms with E-state index >= 15 is 0 Å². The number of ether oxygens (including phenoxy) is 2. The molecule has 2 heteroatoms. The van der Waals surface area contributed by atoms with Crippen LogP contribution in [-0.2, 0) is 9.47 Å². The van der Waals surface area contributed by atoms with E-state index in [1.165, 1.54) is 44.9 Å². The lowest BCUT2D eigenvalue weighted by molar-refractivity contribution is -0.107. The van der Waals surface area contributed by atoms with Crippen molar-refractivity contribution in [1.29, 1.82) is 0 Å². The Morgan fingerprint density at radius 1 is 1.12 bits per heavy atom. The summed E-state index contributed by atoms with van der Waals surface area (Å²) in [4.78, 5) is 0. The fraction of sp³-hybridized carbons (Fsp3) is 0.909. The lowest BCUT2D eigenvalue weighted by atomic mass is 9.49. The van der Waals surface area contributed by atoms with Crippen molar-refractivity contribution in [2.45, 2.75) is 85.7 Å². The Kier molecular flexibility index (Phi) is 6.58. The van der Waals surface area contributed by atoms with Crippen LogP contribution in [0.25, 0.3) is 0 Å². The molecule has 0 N–H and O–H groups in total. The van der Waals surface area contributed by atoms with Crippen molar-refractivity contribution >= 4 is 0 Å².